The number of alkyl halides is 3. The highest BCUT2D eigenvalue weighted by molar-refractivity contribution is 5.59. The molecular formula is C21H22F3N5. The molecule has 5 nitrogen and oxygen atoms in total. The molecule has 1 N–H and O–H groups in total. The van der Waals surface area contributed by atoms with Crippen LogP contribution in [0.25, 0.3) is 16.9 Å². The summed E-state index contributed by atoms with van der Waals surface area (Å²) in [5.74, 6) is 1.29. The normalized spacial score (nSPS) is 15.4. The van der Waals surface area contributed by atoms with Crippen molar-refractivity contribution in [2.75, 3.05) is 11.9 Å². The lowest BCUT2D eigenvalue weighted by atomic mass is 9.89. The van der Waals surface area contributed by atoms with E-state index in [1.54, 1.807) is 30.5 Å². The van der Waals surface area contributed by atoms with E-state index in [1.807, 2.05) is 0 Å². The first kappa shape index (κ1) is 19.4. The molecule has 29 heavy (non-hydrogen) atoms. The van der Waals surface area contributed by atoms with Crippen molar-refractivity contribution in [3.8, 4) is 16.9 Å². The average Bonchev–Trinajstić information content (AvgIpc) is 3.20. The van der Waals surface area contributed by atoms with Gasteiger partial charge in [-0.2, -0.15) is 18.3 Å². The number of aromatic nitrogens is 4. The third-order valence-electron chi connectivity index (χ3n) is 5.25. The number of pyridine rings is 2. The average molecular weight is 401 g/mol. The third kappa shape index (κ3) is 4.58. The Kier molecular flexibility index (Phi) is 5.51. The number of anilines is 1. The molecule has 0 radical (unpaired) electrons. The van der Waals surface area contributed by atoms with Crippen LogP contribution in [0, 0.1) is 5.92 Å². The fraction of sp³-hybridized carbons (Fsp3) is 0.381. The van der Waals surface area contributed by atoms with Crippen LogP contribution in [0.4, 0.5) is 19.0 Å². The molecule has 1 aliphatic rings. The predicted molar refractivity (Wildman–Crippen MR) is 105 cm³/mol. The Hall–Kier alpha value is -2.90. The van der Waals surface area contributed by atoms with Gasteiger partial charge in [0.2, 0.25) is 0 Å². The summed E-state index contributed by atoms with van der Waals surface area (Å²) < 4.78 is 41.6. The van der Waals surface area contributed by atoms with Gasteiger partial charge in [0.05, 0.1) is 17.6 Å². The van der Waals surface area contributed by atoms with E-state index in [0.29, 0.717) is 17.3 Å². The van der Waals surface area contributed by atoms with Gasteiger partial charge in [-0.1, -0.05) is 19.3 Å². The standard InChI is InChI=1S/C21H22F3N5/c22-21(23,24)19-11-18(16-7-4-10-25-13-16)28-29(19)17-8-9-20(27-14-17)26-12-15-5-2-1-3-6-15/h4,7-11,13-15H,1-3,5-6,12H2,(H,26,27). The highest BCUT2D eigenvalue weighted by Crippen LogP contribution is 2.34. The van der Waals surface area contributed by atoms with E-state index in [0.717, 1.165) is 17.3 Å². The van der Waals surface area contributed by atoms with E-state index in [2.05, 4.69) is 20.4 Å². The van der Waals surface area contributed by atoms with Gasteiger partial charge in [-0.3, -0.25) is 4.98 Å². The highest BCUT2D eigenvalue weighted by atomic mass is 19.4. The number of nitrogens with zero attached hydrogens (tertiary/aromatic N) is 4. The van der Waals surface area contributed by atoms with Gasteiger partial charge in [0, 0.05) is 24.5 Å². The molecule has 0 amide bonds. The van der Waals surface area contributed by atoms with E-state index < -0.39 is 11.9 Å². The molecule has 0 aliphatic heterocycles. The second kappa shape index (κ2) is 8.23. The van der Waals surface area contributed by atoms with Crippen molar-refractivity contribution in [3.05, 3.63) is 54.6 Å². The molecule has 0 saturated heterocycles. The quantitative estimate of drug-likeness (QED) is 0.627. The van der Waals surface area contributed by atoms with Crippen molar-refractivity contribution in [2.24, 2.45) is 5.92 Å². The molecule has 0 bridgehead atoms. The fourth-order valence-corrected chi connectivity index (χ4v) is 3.69. The van der Waals surface area contributed by atoms with Crippen LogP contribution in [0.15, 0.2) is 48.9 Å². The molecule has 0 aromatic carbocycles. The monoisotopic (exact) mass is 401 g/mol. The van der Waals surface area contributed by atoms with Crippen LogP contribution in [-0.2, 0) is 6.18 Å². The molecule has 1 fully saturated rings. The summed E-state index contributed by atoms with van der Waals surface area (Å²) in [5.41, 5.74) is 0.150. The largest absolute Gasteiger partial charge is 0.433 e. The first-order valence-electron chi connectivity index (χ1n) is 9.78. The zero-order chi connectivity index (χ0) is 20.3. The first-order valence-corrected chi connectivity index (χ1v) is 9.78. The summed E-state index contributed by atoms with van der Waals surface area (Å²) >= 11 is 0. The number of hydrogen-bond donors (Lipinski definition) is 1. The summed E-state index contributed by atoms with van der Waals surface area (Å²) in [5, 5.41) is 7.46. The second-order valence-electron chi connectivity index (χ2n) is 7.35. The number of rotatable bonds is 5. The minimum Gasteiger partial charge on any atom is -0.370 e. The summed E-state index contributed by atoms with van der Waals surface area (Å²) in [6.45, 7) is 0.840. The molecule has 3 aromatic rings. The SMILES string of the molecule is FC(F)(F)c1cc(-c2cccnc2)nn1-c1ccc(NCC2CCCCC2)nc1. The first-order chi connectivity index (χ1) is 14.0. The van der Waals surface area contributed by atoms with Gasteiger partial charge >= 0.3 is 6.18 Å². The summed E-state index contributed by atoms with van der Waals surface area (Å²) in [7, 11) is 0. The Bertz CT molecular complexity index is 929. The lowest BCUT2D eigenvalue weighted by Gasteiger charge is -2.22. The van der Waals surface area contributed by atoms with Gasteiger partial charge in [0.25, 0.3) is 0 Å². The van der Waals surface area contributed by atoms with Crippen molar-refractivity contribution < 1.29 is 13.2 Å². The molecule has 0 spiro atoms. The molecule has 0 atom stereocenters. The van der Waals surface area contributed by atoms with Crippen LogP contribution < -0.4 is 5.32 Å². The van der Waals surface area contributed by atoms with Gasteiger partial charge in [-0.15, -0.1) is 0 Å². The Morgan fingerprint density at radius 2 is 1.90 bits per heavy atom. The maximum Gasteiger partial charge on any atom is 0.433 e. The van der Waals surface area contributed by atoms with Crippen LogP contribution in [0.1, 0.15) is 37.8 Å². The van der Waals surface area contributed by atoms with Crippen molar-refractivity contribution in [1.82, 2.24) is 19.7 Å². The van der Waals surface area contributed by atoms with Crippen molar-refractivity contribution in [3.63, 3.8) is 0 Å². The smallest absolute Gasteiger partial charge is 0.370 e. The van der Waals surface area contributed by atoms with Crippen LogP contribution in [0.3, 0.4) is 0 Å². The van der Waals surface area contributed by atoms with Gasteiger partial charge in [0.1, 0.15) is 11.5 Å². The third-order valence-corrected chi connectivity index (χ3v) is 5.25. The molecule has 0 unspecified atom stereocenters. The molecule has 1 aliphatic carbocycles. The van der Waals surface area contributed by atoms with Crippen molar-refractivity contribution in [2.45, 2.75) is 38.3 Å². The Balaban J connectivity index is 1.56. The fourth-order valence-electron chi connectivity index (χ4n) is 3.69. The van der Waals surface area contributed by atoms with Gasteiger partial charge < -0.3 is 5.32 Å². The lowest BCUT2D eigenvalue weighted by Crippen LogP contribution is -2.17. The molecule has 1 saturated carbocycles. The van der Waals surface area contributed by atoms with E-state index in [1.165, 1.54) is 44.5 Å². The highest BCUT2D eigenvalue weighted by Gasteiger charge is 2.36. The number of nitrogens with one attached hydrogen (secondary N) is 1. The van der Waals surface area contributed by atoms with Crippen molar-refractivity contribution in [1.29, 1.82) is 0 Å². The zero-order valence-electron chi connectivity index (χ0n) is 15.9. The predicted octanol–water partition coefficient (Wildman–Crippen LogP) is 5.34. The molecule has 3 heterocycles. The molecule has 152 valence electrons. The summed E-state index contributed by atoms with van der Waals surface area (Å²) in [6, 6.07) is 7.67. The number of halogens is 3. The van der Waals surface area contributed by atoms with E-state index in [-0.39, 0.29) is 11.4 Å². The number of hydrogen-bond acceptors (Lipinski definition) is 4. The maximum absolute atomic E-state index is 13.6. The van der Waals surface area contributed by atoms with Gasteiger partial charge in [-0.25, -0.2) is 9.67 Å². The topological polar surface area (TPSA) is 55.6 Å². The maximum atomic E-state index is 13.6. The van der Waals surface area contributed by atoms with Gasteiger partial charge in [-0.05, 0) is 49.1 Å². The molecular weight excluding hydrogens is 379 g/mol. The second-order valence-corrected chi connectivity index (χ2v) is 7.35. The zero-order valence-corrected chi connectivity index (χ0v) is 15.9. The van der Waals surface area contributed by atoms with E-state index in [9.17, 15) is 13.2 Å². The van der Waals surface area contributed by atoms with Crippen LogP contribution in [-0.4, -0.2) is 26.3 Å². The van der Waals surface area contributed by atoms with E-state index in [4.69, 9.17) is 0 Å². The van der Waals surface area contributed by atoms with Crippen LogP contribution >= 0.6 is 0 Å². The van der Waals surface area contributed by atoms with Crippen LogP contribution in [0.5, 0.6) is 0 Å². The lowest BCUT2D eigenvalue weighted by molar-refractivity contribution is -0.142. The minimum absolute atomic E-state index is 0.213. The summed E-state index contributed by atoms with van der Waals surface area (Å²) in [4.78, 5) is 8.25. The van der Waals surface area contributed by atoms with Crippen LogP contribution in [0.2, 0.25) is 0 Å². The Morgan fingerprint density at radius 3 is 2.55 bits per heavy atom. The Labute approximate surface area is 167 Å². The molecule has 8 heteroatoms. The van der Waals surface area contributed by atoms with E-state index >= 15 is 0 Å². The Morgan fingerprint density at radius 1 is 1.07 bits per heavy atom. The molecule has 4 rings (SSSR count). The van der Waals surface area contributed by atoms with Crippen molar-refractivity contribution >= 4 is 5.82 Å². The summed E-state index contributed by atoms with van der Waals surface area (Å²) in [6.07, 6.45) is 6.18. The molecule has 3 aromatic heterocycles. The minimum atomic E-state index is -4.54. The van der Waals surface area contributed by atoms with Gasteiger partial charge in [0.15, 0.2) is 0 Å².